The summed E-state index contributed by atoms with van der Waals surface area (Å²) in [4.78, 5) is 16.9. The van der Waals surface area contributed by atoms with Crippen LogP contribution in [0, 0.1) is 0 Å². The summed E-state index contributed by atoms with van der Waals surface area (Å²) in [5, 5.41) is 0.850. The summed E-state index contributed by atoms with van der Waals surface area (Å²) in [6.07, 6.45) is 6.68. The summed E-state index contributed by atoms with van der Waals surface area (Å²) in [6, 6.07) is 14.6. The van der Waals surface area contributed by atoms with Crippen molar-refractivity contribution in [3.8, 4) is 0 Å². The van der Waals surface area contributed by atoms with Gasteiger partial charge in [-0.3, -0.25) is 4.79 Å². The number of furan rings is 1. The molecule has 6 heteroatoms. The molecule has 0 unspecified atom stereocenters. The van der Waals surface area contributed by atoms with E-state index in [4.69, 9.17) is 27.6 Å². The average molecular weight is 496 g/mol. The second-order valence-corrected chi connectivity index (χ2v) is 11.4. The fraction of sp³-hybridized carbons (Fsp3) is 0.296. The number of carbonyl (C=O) groups excluding carboxylic acids is 1. The van der Waals surface area contributed by atoms with Gasteiger partial charge < -0.3 is 9.32 Å². The molecular weight excluding hydrogens is 473 g/mol. The van der Waals surface area contributed by atoms with E-state index in [1.54, 1.807) is 12.1 Å². The fourth-order valence-electron chi connectivity index (χ4n) is 5.40. The predicted molar refractivity (Wildman–Crippen MR) is 136 cm³/mol. The lowest BCUT2D eigenvalue weighted by Gasteiger charge is -2.41. The molecule has 0 saturated heterocycles. The number of hydrogen-bond acceptors (Lipinski definition) is 4. The van der Waals surface area contributed by atoms with Gasteiger partial charge in [0.1, 0.15) is 5.76 Å². The highest BCUT2D eigenvalue weighted by molar-refractivity contribution is 8.04. The van der Waals surface area contributed by atoms with E-state index >= 15 is 0 Å². The van der Waals surface area contributed by atoms with Crippen molar-refractivity contribution in [1.82, 2.24) is 0 Å². The van der Waals surface area contributed by atoms with Crippen molar-refractivity contribution in [2.75, 3.05) is 4.90 Å². The van der Waals surface area contributed by atoms with E-state index in [-0.39, 0.29) is 11.2 Å². The number of anilines is 2. The second-order valence-electron chi connectivity index (χ2n) is 9.52. The summed E-state index contributed by atoms with van der Waals surface area (Å²) < 4.78 is 6.51. The molecule has 168 valence electrons. The van der Waals surface area contributed by atoms with Crippen LogP contribution in [0.15, 0.2) is 56.7 Å². The molecule has 0 atom stereocenters. The third-order valence-corrected chi connectivity index (χ3v) is 8.94. The maximum atomic E-state index is 13.0. The highest BCUT2D eigenvalue weighted by Gasteiger charge is 2.42. The summed E-state index contributed by atoms with van der Waals surface area (Å²) in [5.41, 5.74) is 4.11. The van der Waals surface area contributed by atoms with Crippen molar-refractivity contribution in [3.63, 3.8) is 0 Å². The molecule has 1 fully saturated rings. The zero-order valence-electron chi connectivity index (χ0n) is 18.5. The van der Waals surface area contributed by atoms with Crippen molar-refractivity contribution >= 4 is 58.4 Å². The number of carbonyl (C=O) groups is 1. The van der Waals surface area contributed by atoms with Crippen LogP contribution >= 0.6 is 35.0 Å². The van der Waals surface area contributed by atoms with E-state index in [1.165, 1.54) is 41.4 Å². The van der Waals surface area contributed by atoms with Gasteiger partial charge in [0.05, 0.1) is 15.0 Å². The first-order valence-corrected chi connectivity index (χ1v) is 12.9. The van der Waals surface area contributed by atoms with Crippen LogP contribution < -0.4 is 4.90 Å². The maximum absolute atomic E-state index is 13.0. The molecule has 3 aromatic rings. The van der Waals surface area contributed by atoms with E-state index in [1.807, 2.05) is 6.08 Å². The first-order chi connectivity index (χ1) is 15.8. The molecule has 6 rings (SSSR count). The lowest BCUT2D eigenvalue weighted by molar-refractivity contribution is 0.104. The average Bonchev–Trinajstić information content (AvgIpc) is 3.52. The van der Waals surface area contributed by atoms with Crippen molar-refractivity contribution < 1.29 is 9.21 Å². The number of thioether (sulfide) groups is 1. The molecule has 0 amide bonds. The SMILES string of the molecule is CC1(C)c2ccccc2N(C2CCCC2)c2oc(/C=C3\Sc4cc(Cl)c(Cl)cc4C3=O)cc21. The Balaban J connectivity index is 1.45. The summed E-state index contributed by atoms with van der Waals surface area (Å²) in [5.74, 6) is 1.57. The van der Waals surface area contributed by atoms with E-state index in [0.29, 0.717) is 32.3 Å². The Kier molecular flexibility index (Phi) is 4.99. The van der Waals surface area contributed by atoms with Crippen LogP contribution in [0.1, 0.15) is 66.8 Å². The molecule has 1 aliphatic carbocycles. The van der Waals surface area contributed by atoms with Gasteiger partial charge in [0.15, 0.2) is 0 Å². The molecule has 33 heavy (non-hydrogen) atoms. The zero-order chi connectivity index (χ0) is 22.9. The monoisotopic (exact) mass is 495 g/mol. The van der Waals surface area contributed by atoms with E-state index in [0.717, 1.165) is 23.6 Å². The van der Waals surface area contributed by atoms with Gasteiger partial charge in [-0.2, -0.15) is 0 Å². The van der Waals surface area contributed by atoms with E-state index in [9.17, 15) is 4.79 Å². The molecule has 0 radical (unpaired) electrons. The normalized spacial score (nSPS) is 20.3. The topological polar surface area (TPSA) is 33.5 Å². The first-order valence-electron chi connectivity index (χ1n) is 11.3. The molecule has 1 aromatic heterocycles. The second kappa shape index (κ2) is 7.69. The van der Waals surface area contributed by atoms with Crippen LogP contribution in [0.3, 0.4) is 0 Å². The molecule has 3 heterocycles. The number of para-hydroxylation sites is 1. The van der Waals surface area contributed by atoms with Crippen LogP contribution in [0.25, 0.3) is 6.08 Å². The third-order valence-electron chi connectivity index (χ3n) is 7.13. The summed E-state index contributed by atoms with van der Waals surface area (Å²) in [7, 11) is 0. The first kappa shape index (κ1) is 21.4. The lowest BCUT2D eigenvalue weighted by atomic mass is 9.75. The Morgan fingerprint density at radius 3 is 2.58 bits per heavy atom. The Hall–Kier alpha value is -2.14. The van der Waals surface area contributed by atoms with Gasteiger partial charge in [-0.1, -0.05) is 79.9 Å². The summed E-state index contributed by atoms with van der Waals surface area (Å²) >= 11 is 13.7. The molecule has 0 spiro atoms. The molecule has 1 saturated carbocycles. The predicted octanol–water partition coefficient (Wildman–Crippen LogP) is 8.64. The van der Waals surface area contributed by atoms with Crippen molar-refractivity contribution in [2.45, 2.75) is 55.9 Å². The van der Waals surface area contributed by atoms with E-state index in [2.05, 4.69) is 49.1 Å². The van der Waals surface area contributed by atoms with Gasteiger partial charge >= 0.3 is 0 Å². The Labute approximate surface area is 207 Å². The Bertz CT molecular complexity index is 1330. The van der Waals surface area contributed by atoms with Gasteiger partial charge in [-0.05, 0) is 48.7 Å². The number of hydrogen-bond donors (Lipinski definition) is 0. The minimum absolute atomic E-state index is 0.0434. The number of benzene rings is 2. The Morgan fingerprint density at radius 1 is 1.06 bits per heavy atom. The van der Waals surface area contributed by atoms with Gasteiger partial charge in [0, 0.05) is 33.2 Å². The van der Waals surface area contributed by atoms with Crippen molar-refractivity contribution in [2.24, 2.45) is 0 Å². The standard InChI is InChI=1S/C27H23Cl2NO2S/c1-27(2)18-9-5-6-10-22(18)30(15-7-3-4-8-15)26-19(27)11-16(32-26)12-24-25(31)17-13-20(28)21(29)14-23(17)33-24/h5-6,9-15H,3-4,7-8H2,1-2H3/b24-12-. The number of fused-ring (bicyclic) bond motifs is 3. The quantitative estimate of drug-likeness (QED) is 0.333. The molecule has 0 bridgehead atoms. The number of allylic oxidation sites excluding steroid dienone is 1. The smallest absolute Gasteiger partial charge is 0.204 e. The van der Waals surface area contributed by atoms with Crippen LogP contribution in [0.4, 0.5) is 11.6 Å². The Morgan fingerprint density at radius 2 is 1.79 bits per heavy atom. The molecule has 3 nitrogen and oxygen atoms in total. The van der Waals surface area contributed by atoms with Crippen molar-refractivity contribution in [1.29, 1.82) is 0 Å². The number of rotatable bonds is 2. The van der Waals surface area contributed by atoms with E-state index < -0.39 is 0 Å². The molecule has 2 aromatic carbocycles. The van der Waals surface area contributed by atoms with Gasteiger partial charge in [-0.25, -0.2) is 0 Å². The number of Topliss-reactive ketones (excluding diaryl/α,β-unsaturated/α-hetero) is 1. The van der Waals surface area contributed by atoms with Gasteiger partial charge in [0.2, 0.25) is 11.7 Å². The van der Waals surface area contributed by atoms with Crippen LogP contribution in [-0.4, -0.2) is 11.8 Å². The molecular formula is C27H23Cl2NO2S. The molecule has 3 aliphatic rings. The lowest BCUT2D eigenvalue weighted by Crippen LogP contribution is -2.37. The molecule has 0 N–H and O–H groups in total. The van der Waals surface area contributed by atoms with Crippen LogP contribution in [0.5, 0.6) is 0 Å². The minimum atomic E-state index is -0.196. The summed E-state index contributed by atoms with van der Waals surface area (Å²) in [6.45, 7) is 4.50. The van der Waals surface area contributed by atoms with Gasteiger partial charge in [-0.15, -0.1) is 0 Å². The van der Waals surface area contributed by atoms with Crippen LogP contribution in [-0.2, 0) is 5.41 Å². The third kappa shape index (κ3) is 3.30. The van der Waals surface area contributed by atoms with Crippen LogP contribution in [0.2, 0.25) is 10.0 Å². The van der Waals surface area contributed by atoms with Gasteiger partial charge in [0.25, 0.3) is 0 Å². The zero-order valence-corrected chi connectivity index (χ0v) is 20.8. The largest absolute Gasteiger partial charge is 0.440 e. The fourth-order valence-corrected chi connectivity index (χ4v) is 6.85. The number of halogens is 2. The van der Waals surface area contributed by atoms with Crippen molar-refractivity contribution in [3.05, 3.63) is 79.9 Å². The number of ketones is 1. The number of nitrogens with zero attached hydrogens (tertiary/aromatic N) is 1. The highest BCUT2D eigenvalue weighted by Crippen LogP contribution is 2.53. The molecule has 2 aliphatic heterocycles. The minimum Gasteiger partial charge on any atom is -0.440 e. The highest BCUT2D eigenvalue weighted by atomic mass is 35.5. The maximum Gasteiger partial charge on any atom is 0.204 e.